The molecule has 0 saturated heterocycles. The summed E-state index contributed by atoms with van der Waals surface area (Å²) in [5, 5.41) is 7.72. The average molecular weight is 432 g/mol. The number of anilines is 1. The van der Waals surface area contributed by atoms with Crippen molar-refractivity contribution in [2.75, 3.05) is 31.6 Å². The van der Waals surface area contributed by atoms with Gasteiger partial charge in [0.25, 0.3) is 0 Å². The molecule has 1 N–H and O–H groups in total. The predicted molar refractivity (Wildman–Crippen MR) is 114 cm³/mol. The van der Waals surface area contributed by atoms with Gasteiger partial charge in [-0.3, -0.25) is 4.79 Å². The third-order valence-electron chi connectivity index (χ3n) is 4.48. The first-order valence-electron chi connectivity index (χ1n) is 9.70. The molecule has 0 fully saturated rings. The average Bonchev–Trinajstić information content (AvgIpc) is 3.14. The minimum atomic E-state index is -3.92. The molecule has 1 amide bonds. The lowest BCUT2D eigenvalue weighted by Gasteiger charge is -2.22. The number of benzene rings is 2. The van der Waals surface area contributed by atoms with Crippen molar-refractivity contribution in [2.24, 2.45) is 0 Å². The van der Waals surface area contributed by atoms with Gasteiger partial charge in [0.1, 0.15) is 5.76 Å². The van der Waals surface area contributed by atoms with Crippen LogP contribution < -0.4 is 5.32 Å². The highest BCUT2D eigenvalue weighted by atomic mass is 32.2. The molecule has 1 heterocycles. The van der Waals surface area contributed by atoms with Gasteiger partial charge in [0.05, 0.1) is 11.4 Å². The van der Waals surface area contributed by atoms with Gasteiger partial charge in [-0.15, -0.1) is 0 Å². The van der Waals surface area contributed by atoms with Gasteiger partial charge >= 0.3 is 0 Å². The zero-order chi connectivity index (χ0) is 21.6. The van der Waals surface area contributed by atoms with Crippen molar-refractivity contribution < 1.29 is 22.5 Å². The monoisotopic (exact) mass is 431 g/mol. The zero-order valence-electron chi connectivity index (χ0n) is 17.0. The normalized spacial score (nSPS) is 11.8. The molecule has 0 aliphatic rings. The number of carbonyl (C=O) groups excluding carboxylic acids is 1. The molecule has 0 bridgehead atoms. The van der Waals surface area contributed by atoms with Crippen molar-refractivity contribution >= 4 is 32.5 Å². The maximum Gasteiger partial charge on any atom is 0.244 e. The van der Waals surface area contributed by atoms with Crippen LogP contribution in [0.15, 0.2) is 57.9 Å². The third-order valence-corrected chi connectivity index (χ3v) is 6.39. The molecule has 0 aliphatic carbocycles. The maximum atomic E-state index is 13.5. The van der Waals surface area contributed by atoms with Gasteiger partial charge in [0.2, 0.25) is 15.9 Å². The molecule has 0 spiro atoms. The number of amides is 1. The Morgan fingerprint density at radius 1 is 1.20 bits per heavy atom. The molecule has 0 atom stereocenters. The number of rotatable bonds is 10. The second-order valence-corrected chi connectivity index (χ2v) is 8.64. The van der Waals surface area contributed by atoms with Crippen LogP contribution in [-0.4, -0.2) is 50.1 Å². The highest BCUT2D eigenvalue weighted by molar-refractivity contribution is 7.89. The number of aryl methyl sites for hydroxylation is 1. The summed E-state index contributed by atoms with van der Waals surface area (Å²) in [4.78, 5) is 12.7. The summed E-state index contributed by atoms with van der Waals surface area (Å²) in [5.74, 6) is 0.292. The second-order valence-electron chi connectivity index (χ2n) is 6.74. The van der Waals surface area contributed by atoms with Crippen LogP contribution in [-0.2, 0) is 19.6 Å². The summed E-state index contributed by atoms with van der Waals surface area (Å²) in [6.45, 7) is 4.33. The van der Waals surface area contributed by atoms with E-state index >= 15 is 0 Å². The molecule has 30 heavy (non-hydrogen) atoms. The molecule has 9 heteroatoms. The smallest absolute Gasteiger partial charge is 0.244 e. The fourth-order valence-electron chi connectivity index (χ4n) is 3.10. The van der Waals surface area contributed by atoms with Crippen LogP contribution >= 0.6 is 0 Å². The number of nitrogens with zero attached hydrogens (tertiary/aromatic N) is 2. The fourth-order valence-corrected chi connectivity index (χ4v) is 4.75. The van der Waals surface area contributed by atoms with Crippen molar-refractivity contribution in [1.29, 1.82) is 0 Å². The molecular weight excluding hydrogens is 406 g/mol. The molecular formula is C21H25N3O5S. The van der Waals surface area contributed by atoms with Gasteiger partial charge in [-0.05, 0) is 31.7 Å². The number of aromatic nitrogens is 1. The Bertz CT molecular complexity index is 1110. The van der Waals surface area contributed by atoms with Gasteiger partial charge in [-0.1, -0.05) is 41.6 Å². The number of sulfonamides is 1. The van der Waals surface area contributed by atoms with Crippen LogP contribution in [0, 0.1) is 6.92 Å². The summed E-state index contributed by atoms with van der Waals surface area (Å²) in [6.07, 6.45) is 0.466. The first-order valence-corrected chi connectivity index (χ1v) is 11.1. The van der Waals surface area contributed by atoms with E-state index in [4.69, 9.17) is 9.26 Å². The van der Waals surface area contributed by atoms with E-state index in [1.807, 2.05) is 25.1 Å². The van der Waals surface area contributed by atoms with Crippen LogP contribution in [0.5, 0.6) is 0 Å². The zero-order valence-corrected chi connectivity index (χ0v) is 17.8. The van der Waals surface area contributed by atoms with Gasteiger partial charge < -0.3 is 14.6 Å². The minimum Gasteiger partial charge on any atom is -0.382 e. The van der Waals surface area contributed by atoms with Crippen molar-refractivity contribution in [3.8, 4) is 0 Å². The number of fused-ring (bicyclic) bond motifs is 1. The molecule has 0 aliphatic heterocycles. The lowest BCUT2D eigenvalue weighted by Crippen LogP contribution is -2.39. The molecule has 3 rings (SSSR count). The molecule has 1 aromatic heterocycles. The Balaban J connectivity index is 1.86. The quantitative estimate of drug-likeness (QED) is 0.495. The van der Waals surface area contributed by atoms with E-state index in [9.17, 15) is 13.2 Å². The molecule has 0 saturated carbocycles. The van der Waals surface area contributed by atoms with E-state index in [1.54, 1.807) is 37.3 Å². The molecule has 2 aromatic carbocycles. The van der Waals surface area contributed by atoms with E-state index in [1.165, 1.54) is 4.31 Å². The Hall–Kier alpha value is -2.75. The van der Waals surface area contributed by atoms with Crippen LogP contribution in [0.25, 0.3) is 10.8 Å². The number of ether oxygens (including phenoxy) is 1. The lowest BCUT2D eigenvalue weighted by molar-refractivity contribution is -0.116. The van der Waals surface area contributed by atoms with Crippen LogP contribution in [0.2, 0.25) is 0 Å². The Kier molecular flexibility index (Phi) is 7.20. The Morgan fingerprint density at radius 2 is 1.97 bits per heavy atom. The summed E-state index contributed by atoms with van der Waals surface area (Å²) in [7, 11) is -3.92. The largest absolute Gasteiger partial charge is 0.382 e. The highest BCUT2D eigenvalue weighted by Crippen LogP contribution is 2.26. The van der Waals surface area contributed by atoms with Crippen LogP contribution in [0.3, 0.4) is 0 Å². The highest BCUT2D eigenvalue weighted by Gasteiger charge is 2.28. The maximum absolute atomic E-state index is 13.5. The number of hydrogen-bond donors (Lipinski definition) is 1. The first kappa shape index (κ1) is 21.9. The van der Waals surface area contributed by atoms with E-state index in [0.29, 0.717) is 30.8 Å². The van der Waals surface area contributed by atoms with E-state index in [-0.39, 0.29) is 23.8 Å². The second kappa shape index (κ2) is 9.84. The SMILES string of the molecule is CCOCCCN(CC(=O)Nc1cc(C)on1)S(=O)(=O)c1cccc2ccccc12. The Morgan fingerprint density at radius 3 is 2.70 bits per heavy atom. The molecule has 160 valence electrons. The molecule has 8 nitrogen and oxygen atoms in total. The number of nitrogens with one attached hydrogen (secondary N) is 1. The summed E-state index contributed by atoms with van der Waals surface area (Å²) >= 11 is 0. The van der Waals surface area contributed by atoms with Gasteiger partial charge in [-0.2, -0.15) is 4.31 Å². The molecule has 3 aromatic rings. The van der Waals surface area contributed by atoms with Crippen molar-refractivity contribution in [2.45, 2.75) is 25.2 Å². The van der Waals surface area contributed by atoms with Crippen molar-refractivity contribution in [3.05, 3.63) is 54.3 Å². The lowest BCUT2D eigenvalue weighted by atomic mass is 10.1. The number of hydrogen-bond acceptors (Lipinski definition) is 6. The van der Waals surface area contributed by atoms with E-state index in [0.717, 1.165) is 5.39 Å². The third kappa shape index (κ3) is 5.24. The summed E-state index contributed by atoms with van der Waals surface area (Å²) < 4.78 is 38.4. The topological polar surface area (TPSA) is 102 Å². The Labute approximate surface area is 175 Å². The van der Waals surface area contributed by atoms with E-state index in [2.05, 4.69) is 10.5 Å². The van der Waals surface area contributed by atoms with Crippen molar-refractivity contribution in [3.63, 3.8) is 0 Å². The fraction of sp³-hybridized carbons (Fsp3) is 0.333. The molecule has 0 radical (unpaired) electrons. The molecule has 0 unspecified atom stereocenters. The van der Waals surface area contributed by atoms with Gasteiger partial charge in [-0.25, -0.2) is 8.42 Å². The minimum absolute atomic E-state index is 0.150. The van der Waals surface area contributed by atoms with Crippen LogP contribution in [0.1, 0.15) is 19.1 Å². The summed E-state index contributed by atoms with van der Waals surface area (Å²) in [5.41, 5.74) is 0. The predicted octanol–water partition coefficient (Wildman–Crippen LogP) is 3.19. The van der Waals surface area contributed by atoms with Gasteiger partial charge in [0, 0.05) is 31.2 Å². The van der Waals surface area contributed by atoms with Crippen molar-refractivity contribution in [1.82, 2.24) is 9.46 Å². The van der Waals surface area contributed by atoms with Gasteiger partial charge in [0.15, 0.2) is 5.82 Å². The summed E-state index contributed by atoms with van der Waals surface area (Å²) in [6, 6.07) is 13.9. The number of carbonyl (C=O) groups is 1. The van der Waals surface area contributed by atoms with E-state index < -0.39 is 15.9 Å². The van der Waals surface area contributed by atoms with Crippen LogP contribution in [0.4, 0.5) is 5.82 Å². The first-order chi connectivity index (χ1) is 14.4. The standard InChI is InChI=1S/C21H25N3O5S/c1-3-28-13-7-12-24(15-21(25)22-20-14-16(2)29-23-20)30(26,27)19-11-6-9-17-8-4-5-10-18(17)19/h4-6,8-11,14H,3,7,12-13,15H2,1-2H3,(H,22,23,25).